The van der Waals surface area contributed by atoms with Gasteiger partial charge in [0.2, 0.25) is 0 Å². The minimum absolute atomic E-state index is 0.0415. The van der Waals surface area contributed by atoms with Crippen molar-refractivity contribution in [3.63, 3.8) is 0 Å². The number of halogens is 1. The number of hydrogen-bond donors (Lipinski definition) is 2. The fraction of sp³-hybridized carbons (Fsp3) is 0.214. The number of carboxylic acids is 1. The number of nitrogens with one attached hydrogen (secondary N) is 1. The molecule has 6 nitrogen and oxygen atoms in total. The van der Waals surface area contributed by atoms with Crippen molar-refractivity contribution in [3.8, 4) is 0 Å². The van der Waals surface area contributed by atoms with Gasteiger partial charge in [-0.15, -0.1) is 0 Å². The number of aromatic nitrogens is 2. The second-order valence-electron chi connectivity index (χ2n) is 4.47. The van der Waals surface area contributed by atoms with Crippen LogP contribution in [0.25, 0.3) is 0 Å². The van der Waals surface area contributed by atoms with Crippen LogP contribution >= 0.6 is 0 Å². The third-order valence-electron chi connectivity index (χ3n) is 2.95. The van der Waals surface area contributed by atoms with Gasteiger partial charge in [-0.25, -0.2) is 9.18 Å². The summed E-state index contributed by atoms with van der Waals surface area (Å²) in [5.41, 5.74) is 0.708. The fourth-order valence-corrected chi connectivity index (χ4v) is 1.98. The van der Waals surface area contributed by atoms with Crippen molar-refractivity contribution in [3.05, 3.63) is 47.0 Å². The SMILES string of the molecule is CCc1nn(C)cc1C(=O)Nc1ccc(F)cc1C(=O)O. The molecular formula is C14H14FN3O3. The Morgan fingerprint density at radius 3 is 2.71 bits per heavy atom. The van der Waals surface area contributed by atoms with E-state index >= 15 is 0 Å². The van der Waals surface area contributed by atoms with Crippen LogP contribution in [0.4, 0.5) is 10.1 Å². The molecule has 1 aromatic heterocycles. The summed E-state index contributed by atoms with van der Waals surface area (Å²) >= 11 is 0. The minimum atomic E-state index is -1.31. The lowest BCUT2D eigenvalue weighted by molar-refractivity contribution is 0.0697. The molecule has 0 bridgehead atoms. The van der Waals surface area contributed by atoms with Gasteiger partial charge in [0.25, 0.3) is 5.91 Å². The lowest BCUT2D eigenvalue weighted by Crippen LogP contribution is -2.16. The summed E-state index contributed by atoms with van der Waals surface area (Å²) in [4.78, 5) is 23.3. The van der Waals surface area contributed by atoms with Gasteiger partial charge in [0.15, 0.2) is 0 Å². The Morgan fingerprint density at radius 2 is 2.10 bits per heavy atom. The molecule has 2 N–H and O–H groups in total. The van der Waals surface area contributed by atoms with E-state index in [1.54, 1.807) is 13.2 Å². The summed E-state index contributed by atoms with van der Waals surface area (Å²) in [7, 11) is 1.69. The highest BCUT2D eigenvalue weighted by molar-refractivity contribution is 6.08. The molecule has 0 fully saturated rings. The Balaban J connectivity index is 2.33. The van der Waals surface area contributed by atoms with E-state index in [0.717, 1.165) is 12.1 Å². The molecule has 7 heteroatoms. The highest BCUT2D eigenvalue weighted by Crippen LogP contribution is 2.19. The van der Waals surface area contributed by atoms with E-state index in [4.69, 9.17) is 5.11 Å². The van der Waals surface area contributed by atoms with Crippen molar-refractivity contribution in [1.82, 2.24) is 9.78 Å². The van der Waals surface area contributed by atoms with Crippen LogP contribution in [0, 0.1) is 5.82 Å². The number of rotatable bonds is 4. The van der Waals surface area contributed by atoms with E-state index in [0.29, 0.717) is 17.7 Å². The summed E-state index contributed by atoms with van der Waals surface area (Å²) in [6, 6.07) is 3.17. The van der Waals surface area contributed by atoms with Crippen LogP contribution < -0.4 is 5.32 Å². The maximum absolute atomic E-state index is 13.1. The normalized spacial score (nSPS) is 10.4. The summed E-state index contributed by atoms with van der Waals surface area (Å²) < 4.78 is 14.6. The molecule has 0 spiro atoms. The molecule has 2 aromatic rings. The number of hydrogen-bond acceptors (Lipinski definition) is 3. The number of benzene rings is 1. The molecule has 110 valence electrons. The third kappa shape index (κ3) is 3.07. The van der Waals surface area contributed by atoms with Gasteiger partial charge in [0.05, 0.1) is 22.5 Å². The number of carbonyl (C=O) groups excluding carboxylic acids is 1. The van der Waals surface area contributed by atoms with Crippen molar-refractivity contribution in [2.24, 2.45) is 7.05 Å². The molecule has 0 unspecified atom stereocenters. The molecule has 0 saturated heterocycles. The topological polar surface area (TPSA) is 84.2 Å². The predicted octanol–water partition coefficient (Wildman–Crippen LogP) is 2.07. The summed E-state index contributed by atoms with van der Waals surface area (Å²) in [5.74, 6) is -2.47. The average molecular weight is 291 g/mol. The molecule has 1 amide bonds. The lowest BCUT2D eigenvalue weighted by Gasteiger charge is -2.08. The molecule has 0 aliphatic heterocycles. The average Bonchev–Trinajstić information content (AvgIpc) is 2.81. The second-order valence-corrected chi connectivity index (χ2v) is 4.47. The zero-order valence-corrected chi connectivity index (χ0v) is 11.6. The molecule has 21 heavy (non-hydrogen) atoms. The number of carbonyl (C=O) groups is 2. The van der Waals surface area contributed by atoms with Crippen molar-refractivity contribution in [2.75, 3.05) is 5.32 Å². The van der Waals surface area contributed by atoms with E-state index < -0.39 is 17.7 Å². The largest absolute Gasteiger partial charge is 0.478 e. The highest BCUT2D eigenvalue weighted by atomic mass is 19.1. The first kappa shape index (κ1) is 14.7. The molecule has 0 saturated carbocycles. The Kier molecular flexibility index (Phi) is 4.02. The van der Waals surface area contributed by atoms with Gasteiger partial charge in [-0.2, -0.15) is 5.10 Å². The van der Waals surface area contributed by atoms with Crippen LogP contribution in [0.15, 0.2) is 24.4 Å². The minimum Gasteiger partial charge on any atom is -0.478 e. The molecule has 2 rings (SSSR count). The zero-order chi connectivity index (χ0) is 15.6. The zero-order valence-electron chi connectivity index (χ0n) is 11.6. The second kappa shape index (κ2) is 5.74. The van der Waals surface area contributed by atoms with Gasteiger partial charge in [0.1, 0.15) is 5.82 Å². The van der Waals surface area contributed by atoms with Gasteiger partial charge in [0, 0.05) is 13.2 Å². The molecule has 1 heterocycles. The molecule has 1 aromatic carbocycles. The number of nitrogens with zero attached hydrogens (tertiary/aromatic N) is 2. The monoisotopic (exact) mass is 291 g/mol. The van der Waals surface area contributed by atoms with Crippen molar-refractivity contribution >= 4 is 17.6 Å². The Hall–Kier alpha value is -2.70. The highest BCUT2D eigenvalue weighted by Gasteiger charge is 2.18. The van der Waals surface area contributed by atoms with Gasteiger partial charge < -0.3 is 10.4 Å². The van der Waals surface area contributed by atoms with E-state index in [1.165, 1.54) is 10.7 Å². The van der Waals surface area contributed by atoms with Gasteiger partial charge in [-0.05, 0) is 24.6 Å². The van der Waals surface area contributed by atoms with Crippen LogP contribution in [0.5, 0.6) is 0 Å². The maximum atomic E-state index is 13.1. The lowest BCUT2D eigenvalue weighted by atomic mass is 10.1. The van der Waals surface area contributed by atoms with Crippen LogP contribution in [-0.4, -0.2) is 26.8 Å². The summed E-state index contributed by atoms with van der Waals surface area (Å²) in [6.07, 6.45) is 2.12. The van der Waals surface area contributed by atoms with Crippen molar-refractivity contribution < 1.29 is 19.1 Å². The number of amides is 1. The number of carboxylic acid groups (broad SMARTS) is 1. The predicted molar refractivity (Wildman–Crippen MR) is 73.9 cm³/mol. The summed E-state index contributed by atoms with van der Waals surface area (Å²) in [5, 5.41) is 15.7. The first-order valence-corrected chi connectivity index (χ1v) is 6.29. The van der Waals surface area contributed by atoms with Gasteiger partial charge in [-0.3, -0.25) is 9.48 Å². The Labute approximate surface area is 120 Å². The standard InChI is InChI=1S/C14H14FN3O3/c1-3-11-10(7-18(2)17-11)13(19)16-12-5-4-8(15)6-9(12)14(20)21/h4-7H,3H2,1-2H3,(H,16,19)(H,20,21). The van der Waals surface area contributed by atoms with Crippen molar-refractivity contribution in [2.45, 2.75) is 13.3 Å². The quantitative estimate of drug-likeness (QED) is 0.903. The molecule has 0 atom stereocenters. The van der Waals surface area contributed by atoms with Crippen LogP contribution in [0.1, 0.15) is 33.3 Å². The Morgan fingerprint density at radius 1 is 1.38 bits per heavy atom. The van der Waals surface area contributed by atoms with Gasteiger partial charge >= 0.3 is 5.97 Å². The molecule has 0 aliphatic rings. The summed E-state index contributed by atoms with van der Waals surface area (Å²) in [6.45, 7) is 1.86. The van der Waals surface area contributed by atoms with E-state index in [2.05, 4.69) is 10.4 Å². The van der Waals surface area contributed by atoms with Gasteiger partial charge in [-0.1, -0.05) is 6.92 Å². The van der Waals surface area contributed by atoms with E-state index in [9.17, 15) is 14.0 Å². The smallest absolute Gasteiger partial charge is 0.337 e. The van der Waals surface area contributed by atoms with Crippen molar-refractivity contribution in [1.29, 1.82) is 0 Å². The first-order valence-electron chi connectivity index (χ1n) is 6.29. The number of aryl methyl sites for hydroxylation is 2. The Bertz CT molecular complexity index is 709. The van der Waals surface area contributed by atoms with Crippen LogP contribution in [-0.2, 0) is 13.5 Å². The molecule has 0 aliphatic carbocycles. The van der Waals surface area contributed by atoms with Crippen LogP contribution in [0.2, 0.25) is 0 Å². The number of aromatic carboxylic acids is 1. The fourth-order valence-electron chi connectivity index (χ4n) is 1.98. The first-order chi connectivity index (χ1) is 9.92. The van der Waals surface area contributed by atoms with Crippen LogP contribution in [0.3, 0.4) is 0 Å². The molecular weight excluding hydrogens is 277 g/mol. The van der Waals surface area contributed by atoms with E-state index in [1.807, 2.05) is 6.92 Å². The van der Waals surface area contributed by atoms with E-state index in [-0.39, 0.29) is 11.3 Å². The molecule has 0 radical (unpaired) electrons. The maximum Gasteiger partial charge on any atom is 0.337 e. The number of anilines is 1. The third-order valence-corrected chi connectivity index (χ3v) is 2.95.